The standard InChI is InChI=1S/C21H22N8O4/c1-32-18-8-4-16(5-9-18)23-19-24-20(26-21(25-19)28-10-12-33-13-11-28)27-22-14-15-2-6-17(7-3-15)29(30)31/h2-9,14H,10-13H2,1H3,(H2,23,24,25,26,27)/b22-14+. The van der Waals surface area contributed by atoms with Crippen LogP contribution in [-0.2, 0) is 4.74 Å². The van der Waals surface area contributed by atoms with Gasteiger partial charge in [-0.05, 0) is 42.0 Å². The van der Waals surface area contributed by atoms with E-state index in [1.165, 1.54) is 18.3 Å². The van der Waals surface area contributed by atoms with Gasteiger partial charge in [0.2, 0.25) is 17.8 Å². The van der Waals surface area contributed by atoms with Crippen LogP contribution in [0.1, 0.15) is 5.56 Å². The number of hydrazone groups is 1. The Labute approximate surface area is 189 Å². The highest BCUT2D eigenvalue weighted by atomic mass is 16.6. The molecule has 1 saturated heterocycles. The molecule has 0 bridgehead atoms. The van der Waals surface area contributed by atoms with Crippen molar-refractivity contribution in [1.82, 2.24) is 15.0 Å². The minimum atomic E-state index is -0.450. The Balaban J connectivity index is 1.53. The maximum absolute atomic E-state index is 10.8. The summed E-state index contributed by atoms with van der Waals surface area (Å²) < 4.78 is 10.6. The van der Waals surface area contributed by atoms with E-state index in [4.69, 9.17) is 9.47 Å². The lowest BCUT2D eigenvalue weighted by atomic mass is 10.2. The SMILES string of the molecule is COc1ccc(Nc2nc(N/N=C/c3ccc([N+](=O)[O-])cc3)nc(N3CCOCC3)n2)cc1. The fourth-order valence-electron chi connectivity index (χ4n) is 3.03. The van der Waals surface area contributed by atoms with Crippen LogP contribution in [0.2, 0.25) is 0 Å². The Hall–Kier alpha value is -4.32. The monoisotopic (exact) mass is 450 g/mol. The maximum Gasteiger partial charge on any atom is 0.269 e. The van der Waals surface area contributed by atoms with Crippen molar-refractivity contribution in [2.45, 2.75) is 0 Å². The van der Waals surface area contributed by atoms with Crippen LogP contribution in [0.4, 0.5) is 29.2 Å². The van der Waals surface area contributed by atoms with Crippen LogP contribution in [0.5, 0.6) is 5.75 Å². The first kappa shape index (κ1) is 21.9. The Morgan fingerprint density at radius 2 is 1.76 bits per heavy atom. The molecule has 0 aliphatic carbocycles. The van der Waals surface area contributed by atoms with Crippen LogP contribution in [0.25, 0.3) is 0 Å². The van der Waals surface area contributed by atoms with Gasteiger partial charge in [-0.3, -0.25) is 10.1 Å². The van der Waals surface area contributed by atoms with Gasteiger partial charge in [0.05, 0.1) is 31.5 Å². The summed E-state index contributed by atoms with van der Waals surface area (Å²) in [6.07, 6.45) is 1.53. The summed E-state index contributed by atoms with van der Waals surface area (Å²) in [5.74, 6) is 1.84. The van der Waals surface area contributed by atoms with Crippen LogP contribution in [0.15, 0.2) is 53.6 Å². The van der Waals surface area contributed by atoms with Gasteiger partial charge < -0.3 is 19.7 Å². The van der Waals surface area contributed by atoms with Crippen molar-refractivity contribution >= 4 is 35.4 Å². The molecule has 0 saturated carbocycles. The number of anilines is 4. The molecular weight excluding hydrogens is 428 g/mol. The second-order valence-electron chi connectivity index (χ2n) is 6.95. The number of hydrogen-bond acceptors (Lipinski definition) is 11. The number of nitro groups is 1. The maximum atomic E-state index is 10.8. The largest absolute Gasteiger partial charge is 0.497 e. The van der Waals surface area contributed by atoms with E-state index >= 15 is 0 Å². The Morgan fingerprint density at radius 3 is 2.42 bits per heavy atom. The first-order valence-corrected chi connectivity index (χ1v) is 10.1. The lowest BCUT2D eigenvalue weighted by Crippen LogP contribution is -2.37. The molecule has 1 aliphatic rings. The van der Waals surface area contributed by atoms with Gasteiger partial charge in [-0.2, -0.15) is 20.1 Å². The summed E-state index contributed by atoms with van der Waals surface area (Å²) in [6, 6.07) is 13.4. The van der Waals surface area contributed by atoms with Crippen molar-refractivity contribution in [3.63, 3.8) is 0 Å². The minimum Gasteiger partial charge on any atom is -0.497 e. The molecule has 0 spiro atoms. The fraction of sp³-hybridized carbons (Fsp3) is 0.238. The zero-order chi connectivity index (χ0) is 23.0. The molecule has 0 amide bonds. The van der Waals surface area contributed by atoms with E-state index in [-0.39, 0.29) is 11.6 Å². The molecule has 3 aromatic rings. The van der Waals surface area contributed by atoms with Crippen LogP contribution in [0, 0.1) is 10.1 Å². The highest BCUT2D eigenvalue weighted by Gasteiger charge is 2.16. The van der Waals surface area contributed by atoms with Gasteiger partial charge in [-0.25, -0.2) is 5.43 Å². The molecule has 1 aliphatic heterocycles. The van der Waals surface area contributed by atoms with Gasteiger partial charge >= 0.3 is 0 Å². The molecule has 33 heavy (non-hydrogen) atoms. The number of ether oxygens (including phenoxy) is 2. The van der Waals surface area contributed by atoms with Gasteiger partial charge in [-0.1, -0.05) is 0 Å². The molecule has 1 aromatic heterocycles. The van der Waals surface area contributed by atoms with Crippen molar-refractivity contribution in [3.05, 3.63) is 64.2 Å². The normalized spacial score (nSPS) is 13.7. The summed E-state index contributed by atoms with van der Waals surface area (Å²) in [6.45, 7) is 2.51. The number of hydrogen-bond donors (Lipinski definition) is 2. The lowest BCUT2D eigenvalue weighted by Gasteiger charge is -2.27. The summed E-state index contributed by atoms with van der Waals surface area (Å²) in [5, 5.41) is 18.1. The van der Waals surface area contributed by atoms with Gasteiger partial charge in [0.1, 0.15) is 5.75 Å². The van der Waals surface area contributed by atoms with E-state index in [9.17, 15) is 10.1 Å². The quantitative estimate of drug-likeness (QED) is 0.299. The Bertz CT molecular complexity index is 1120. The summed E-state index contributed by atoms with van der Waals surface area (Å²) in [7, 11) is 1.61. The van der Waals surface area contributed by atoms with E-state index in [0.29, 0.717) is 43.8 Å². The lowest BCUT2D eigenvalue weighted by molar-refractivity contribution is -0.384. The fourth-order valence-corrected chi connectivity index (χ4v) is 3.03. The van der Waals surface area contributed by atoms with Crippen molar-refractivity contribution in [2.24, 2.45) is 5.10 Å². The molecule has 2 N–H and O–H groups in total. The Kier molecular flexibility index (Phi) is 6.85. The number of benzene rings is 2. The topological polar surface area (TPSA) is 140 Å². The molecule has 2 aromatic carbocycles. The van der Waals surface area contributed by atoms with E-state index in [0.717, 1.165) is 11.4 Å². The molecule has 0 atom stereocenters. The molecule has 4 rings (SSSR count). The number of morpholine rings is 1. The van der Waals surface area contributed by atoms with Crippen molar-refractivity contribution in [2.75, 3.05) is 49.1 Å². The predicted molar refractivity (Wildman–Crippen MR) is 123 cm³/mol. The summed E-state index contributed by atoms with van der Waals surface area (Å²) in [5.41, 5.74) is 4.30. The first-order valence-electron chi connectivity index (χ1n) is 10.1. The third-order valence-corrected chi connectivity index (χ3v) is 4.75. The molecule has 0 radical (unpaired) electrons. The smallest absolute Gasteiger partial charge is 0.269 e. The molecular formula is C21H22N8O4. The van der Waals surface area contributed by atoms with Crippen LogP contribution < -0.4 is 20.4 Å². The first-order chi connectivity index (χ1) is 16.1. The minimum absolute atomic E-state index is 0.0157. The average Bonchev–Trinajstić information content (AvgIpc) is 2.85. The number of aromatic nitrogens is 3. The van der Waals surface area contributed by atoms with E-state index in [2.05, 4.69) is 30.8 Å². The number of nitro benzene ring substituents is 1. The highest BCUT2D eigenvalue weighted by Crippen LogP contribution is 2.21. The zero-order valence-electron chi connectivity index (χ0n) is 17.8. The predicted octanol–water partition coefficient (Wildman–Crippen LogP) is 2.81. The average molecular weight is 450 g/mol. The summed E-state index contributed by atoms with van der Waals surface area (Å²) in [4.78, 5) is 25.7. The zero-order valence-corrected chi connectivity index (χ0v) is 17.8. The van der Waals surface area contributed by atoms with Crippen molar-refractivity contribution in [1.29, 1.82) is 0 Å². The van der Waals surface area contributed by atoms with Crippen LogP contribution in [0.3, 0.4) is 0 Å². The molecule has 1 fully saturated rings. The number of methoxy groups -OCH3 is 1. The van der Waals surface area contributed by atoms with Crippen molar-refractivity contribution in [3.8, 4) is 5.75 Å². The van der Waals surface area contributed by atoms with Gasteiger partial charge in [-0.15, -0.1) is 0 Å². The third kappa shape index (κ3) is 5.89. The number of non-ortho nitro benzene ring substituents is 1. The van der Waals surface area contributed by atoms with Crippen molar-refractivity contribution < 1.29 is 14.4 Å². The Morgan fingerprint density at radius 1 is 1.06 bits per heavy atom. The molecule has 170 valence electrons. The van der Waals surface area contributed by atoms with E-state index < -0.39 is 4.92 Å². The van der Waals surface area contributed by atoms with Gasteiger partial charge in [0.15, 0.2) is 0 Å². The molecule has 2 heterocycles. The van der Waals surface area contributed by atoms with E-state index in [1.54, 1.807) is 19.2 Å². The third-order valence-electron chi connectivity index (χ3n) is 4.75. The highest BCUT2D eigenvalue weighted by molar-refractivity contribution is 5.80. The number of rotatable bonds is 8. The van der Waals surface area contributed by atoms with Crippen LogP contribution in [-0.4, -0.2) is 59.5 Å². The second kappa shape index (κ2) is 10.3. The van der Waals surface area contributed by atoms with E-state index in [1.807, 2.05) is 29.2 Å². The molecule has 12 nitrogen and oxygen atoms in total. The van der Waals surface area contributed by atoms with Crippen LogP contribution >= 0.6 is 0 Å². The summed E-state index contributed by atoms with van der Waals surface area (Å²) >= 11 is 0. The van der Waals surface area contributed by atoms with Gasteiger partial charge in [0, 0.05) is 30.9 Å². The number of nitrogens with zero attached hydrogens (tertiary/aromatic N) is 6. The molecule has 0 unspecified atom stereocenters. The molecule has 12 heteroatoms. The second-order valence-corrected chi connectivity index (χ2v) is 6.95. The van der Waals surface area contributed by atoms with Gasteiger partial charge in [0.25, 0.3) is 5.69 Å². The number of nitrogens with one attached hydrogen (secondary N) is 2.